The third-order valence-electron chi connectivity index (χ3n) is 5.52. The molecule has 0 spiro atoms. The molecule has 30 heavy (non-hydrogen) atoms. The van der Waals surface area contributed by atoms with Crippen molar-refractivity contribution in [3.63, 3.8) is 0 Å². The van der Waals surface area contributed by atoms with Crippen LogP contribution in [0.4, 0.5) is 0 Å². The van der Waals surface area contributed by atoms with E-state index in [0.717, 1.165) is 6.42 Å². The van der Waals surface area contributed by atoms with Crippen LogP contribution in [0.15, 0.2) is 35.7 Å². The summed E-state index contributed by atoms with van der Waals surface area (Å²) in [5.74, 6) is -0.260. The van der Waals surface area contributed by atoms with Crippen molar-refractivity contribution in [1.82, 2.24) is 14.7 Å². The van der Waals surface area contributed by atoms with Crippen LogP contribution in [0.3, 0.4) is 0 Å². The fourth-order valence-corrected chi connectivity index (χ4v) is 5.21. The number of thiophene rings is 1. The molecule has 2 saturated heterocycles. The quantitative estimate of drug-likeness (QED) is 0.694. The third-order valence-corrected chi connectivity index (χ3v) is 6.81. The zero-order chi connectivity index (χ0) is 21.3. The molecule has 9 heteroatoms. The van der Waals surface area contributed by atoms with Crippen LogP contribution in [0.25, 0.3) is 0 Å². The van der Waals surface area contributed by atoms with Gasteiger partial charge in [0.15, 0.2) is 0 Å². The molecule has 0 bridgehead atoms. The summed E-state index contributed by atoms with van der Waals surface area (Å²) in [5.41, 5.74) is 0.441. The van der Waals surface area contributed by atoms with Crippen LogP contribution in [0.5, 0.6) is 0 Å². The van der Waals surface area contributed by atoms with Crippen molar-refractivity contribution < 1.29 is 14.4 Å². The van der Waals surface area contributed by atoms with Gasteiger partial charge in [0.05, 0.1) is 4.88 Å². The van der Waals surface area contributed by atoms with E-state index in [4.69, 9.17) is 23.2 Å². The number of nitrogens with zero attached hydrogens (tertiary/aromatic N) is 3. The molecule has 0 radical (unpaired) electrons. The van der Waals surface area contributed by atoms with Crippen molar-refractivity contribution in [2.24, 2.45) is 0 Å². The molecule has 158 valence electrons. The number of halogens is 2. The molecule has 3 heterocycles. The zero-order valence-electron chi connectivity index (χ0n) is 16.2. The SMILES string of the molecule is O=C(c1cc(Cl)cc(Cl)c1)N1CCN(C(=O)[C@@H]2CCCN2C(=O)c2cccs2)CC1. The molecule has 3 amide bonds. The predicted molar refractivity (Wildman–Crippen MR) is 117 cm³/mol. The van der Waals surface area contributed by atoms with Gasteiger partial charge in [-0.2, -0.15) is 0 Å². The molecular weight excluding hydrogens is 445 g/mol. The Labute approximate surface area is 189 Å². The first-order valence-corrected chi connectivity index (χ1v) is 11.5. The standard InChI is InChI=1S/C21H21Cl2N3O3S/c22-15-11-14(12-16(23)13-15)19(27)24-6-8-25(9-7-24)20(28)17-3-1-5-26(17)21(29)18-4-2-10-30-18/h2,4,10-13,17H,1,3,5-9H2/t17-/m0/s1. The van der Waals surface area contributed by atoms with Gasteiger partial charge >= 0.3 is 0 Å². The van der Waals surface area contributed by atoms with Gasteiger partial charge in [-0.1, -0.05) is 29.3 Å². The Morgan fingerprint density at radius 2 is 1.57 bits per heavy atom. The molecule has 0 saturated carbocycles. The second kappa shape index (κ2) is 8.96. The number of rotatable bonds is 3. The Morgan fingerprint density at radius 3 is 2.20 bits per heavy atom. The minimum atomic E-state index is -0.423. The van der Waals surface area contributed by atoms with Gasteiger partial charge in [-0.05, 0) is 42.5 Å². The van der Waals surface area contributed by atoms with E-state index in [0.29, 0.717) is 59.6 Å². The van der Waals surface area contributed by atoms with Crippen molar-refractivity contribution in [2.45, 2.75) is 18.9 Å². The van der Waals surface area contributed by atoms with Gasteiger partial charge in [-0.25, -0.2) is 0 Å². The Morgan fingerprint density at radius 1 is 0.900 bits per heavy atom. The summed E-state index contributed by atoms with van der Waals surface area (Å²) >= 11 is 13.4. The second-order valence-corrected chi connectivity index (χ2v) is 9.23. The van der Waals surface area contributed by atoms with Gasteiger partial charge in [0.2, 0.25) is 5.91 Å². The molecule has 2 aliphatic heterocycles. The molecule has 2 aromatic rings. The molecule has 1 aromatic carbocycles. The van der Waals surface area contributed by atoms with Crippen LogP contribution in [0.2, 0.25) is 10.0 Å². The highest BCUT2D eigenvalue weighted by atomic mass is 35.5. The number of hydrogen-bond acceptors (Lipinski definition) is 4. The fraction of sp³-hybridized carbons (Fsp3) is 0.381. The van der Waals surface area contributed by atoms with Crippen LogP contribution >= 0.6 is 34.5 Å². The second-order valence-electron chi connectivity index (χ2n) is 7.41. The van der Waals surface area contributed by atoms with Crippen molar-refractivity contribution >= 4 is 52.3 Å². The Balaban J connectivity index is 1.38. The summed E-state index contributed by atoms with van der Waals surface area (Å²) in [6, 6.07) is 7.99. The maximum Gasteiger partial charge on any atom is 0.264 e. The minimum Gasteiger partial charge on any atom is -0.337 e. The smallest absolute Gasteiger partial charge is 0.264 e. The third kappa shape index (κ3) is 4.33. The molecule has 6 nitrogen and oxygen atoms in total. The van der Waals surface area contributed by atoms with E-state index in [9.17, 15) is 14.4 Å². The van der Waals surface area contributed by atoms with Crippen molar-refractivity contribution in [3.8, 4) is 0 Å². The lowest BCUT2D eigenvalue weighted by Crippen LogP contribution is -2.55. The maximum atomic E-state index is 13.1. The first-order valence-electron chi connectivity index (χ1n) is 9.82. The number of carbonyl (C=O) groups is 3. The predicted octanol–water partition coefficient (Wildman–Crippen LogP) is 3.64. The summed E-state index contributed by atoms with van der Waals surface area (Å²) in [4.78, 5) is 44.4. The summed E-state index contributed by atoms with van der Waals surface area (Å²) in [5, 5.41) is 2.69. The van der Waals surface area contributed by atoms with Crippen molar-refractivity contribution in [3.05, 3.63) is 56.2 Å². The average Bonchev–Trinajstić information content (AvgIpc) is 3.44. The number of benzene rings is 1. The van der Waals surface area contributed by atoms with E-state index < -0.39 is 6.04 Å². The van der Waals surface area contributed by atoms with Crippen LogP contribution in [-0.2, 0) is 4.79 Å². The highest BCUT2D eigenvalue weighted by Crippen LogP contribution is 2.25. The number of amides is 3. The molecule has 0 aliphatic carbocycles. The van der Waals surface area contributed by atoms with Gasteiger partial charge < -0.3 is 14.7 Å². The average molecular weight is 466 g/mol. The summed E-state index contributed by atoms with van der Waals surface area (Å²) in [7, 11) is 0. The van der Waals surface area contributed by atoms with Crippen molar-refractivity contribution in [1.29, 1.82) is 0 Å². The van der Waals surface area contributed by atoms with Gasteiger partial charge in [0, 0.05) is 48.3 Å². The van der Waals surface area contributed by atoms with E-state index in [1.165, 1.54) is 11.3 Å². The lowest BCUT2D eigenvalue weighted by atomic mass is 10.1. The van der Waals surface area contributed by atoms with Crippen LogP contribution in [0.1, 0.15) is 32.9 Å². The maximum absolute atomic E-state index is 13.1. The van der Waals surface area contributed by atoms with E-state index in [2.05, 4.69) is 0 Å². The van der Waals surface area contributed by atoms with Crippen LogP contribution in [-0.4, -0.2) is 71.2 Å². The molecule has 2 aliphatic rings. The highest BCUT2D eigenvalue weighted by Gasteiger charge is 2.38. The Hall–Kier alpha value is -2.09. The monoisotopic (exact) mass is 465 g/mol. The highest BCUT2D eigenvalue weighted by molar-refractivity contribution is 7.12. The molecule has 0 unspecified atom stereocenters. The summed E-state index contributed by atoms with van der Waals surface area (Å²) < 4.78 is 0. The lowest BCUT2D eigenvalue weighted by Gasteiger charge is -2.37. The summed E-state index contributed by atoms with van der Waals surface area (Å²) in [6.07, 6.45) is 1.50. The lowest BCUT2D eigenvalue weighted by molar-refractivity contribution is -0.136. The van der Waals surface area contributed by atoms with Gasteiger partial charge in [0.25, 0.3) is 11.8 Å². The Kier molecular flexibility index (Phi) is 6.32. The normalized spacial score (nSPS) is 19.3. The van der Waals surface area contributed by atoms with E-state index in [1.54, 1.807) is 39.0 Å². The molecular formula is C21H21Cl2N3O3S. The largest absolute Gasteiger partial charge is 0.337 e. The molecule has 1 atom stereocenters. The number of likely N-dealkylation sites (tertiary alicyclic amines) is 1. The van der Waals surface area contributed by atoms with Crippen LogP contribution < -0.4 is 0 Å². The number of hydrogen-bond donors (Lipinski definition) is 0. The first kappa shape index (κ1) is 21.2. The molecule has 1 aromatic heterocycles. The van der Waals surface area contributed by atoms with Gasteiger partial charge in [0.1, 0.15) is 6.04 Å². The topological polar surface area (TPSA) is 60.9 Å². The van der Waals surface area contributed by atoms with E-state index >= 15 is 0 Å². The van der Waals surface area contributed by atoms with Gasteiger partial charge in [-0.3, -0.25) is 14.4 Å². The summed E-state index contributed by atoms with van der Waals surface area (Å²) in [6.45, 7) is 2.34. The van der Waals surface area contributed by atoms with E-state index in [1.807, 2.05) is 11.4 Å². The van der Waals surface area contributed by atoms with E-state index in [-0.39, 0.29) is 17.7 Å². The number of carbonyl (C=O) groups excluding carboxylic acids is 3. The van der Waals surface area contributed by atoms with Crippen molar-refractivity contribution in [2.75, 3.05) is 32.7 Å². The first-order chi connectivity index (χ1) is 14.4. The minimum absolute atomic E-state index is 0.0321. The molecule has 2 fully saturated rings. The van der Waals surface area contributed by atoms with Gasteiger partial charge in [-0.15, -0.1) is 11.3 Å². The Bertz CT molecular complexity index is 938. The molecule has 0 N–H and O–H groups in total. The number of piperazine rings is 1. The zero-order valence-corrected chi connectivity index (χ0v) is 18.6. The van der Waals surface area contributed by atoms with Crippen LogP contribution in [0, 0.1) is 0 Å². The molecule has 4 rings (SSSR count). The fourth-order valence-electron chi connectivity index (χ4n) is 4.01.